The molecular formula is C16H18N2O6. The number of ether oxygens (including phenoxy) is 2. The number of benzene rings is 1. The average molecular weight is 334 g/mol. The summed E-state index contributed by atoms with van der Waals surface area (Å²) in [5.74, 6) is -2.69. The Morgan fingerprint density at radius 2 is 1.96 bits per heavy atom. The molecule has 2 amide bonds. The van der Waals surface area contributed by atoms with Gasteiger partial charge in [0.1, 0.15) is 6.54 Å². The molecule has 0 unspecified atom stereocenters. The van der Waals surface area contributed by atoms with E-state index in [0.717, 1.165) is 4.90 Å². The average Bonchev–Trinajstić information content (AvgIpc) is 2.80. The van der Waals surface area contributed by atoms with E-state index in [-0.39, 0.29) is 5.56 Å². The largest absolute Gasteiger partial charge is 0.451 e. The molecule has 0 saturated carbocycles. The van der Waals surface area contributed by atoms with Gasteiger partial charge in [0.2, 0.25) is 0 Å². The quantitative estimate of drug-likeness (QED) is 0.425. The molecule has 24 heavy (non-hydrogen) atoms. The van der Waals surface area contributed by atoms with Crippen LogP contribution in [0.3, 0.4) is 0 Å². The molecule has 0 aromatic heterocycles. The van der Waals surface area contributed by atoms with Gasteiger partial charge in [0.05, 0.1) is 17.9 Å². The molecule has 1 aromatic carbocycles. The van der Waals surface area contributed by atoms with Crippen LogP contribution in [0.25, 0.3) is 0 Å². The first-order valence-electron chi connectivity index (χ1n) is 7.37. The third kappa shape index (κ3) is 3.77. The van der Waals surface area contributed by atoms with E-state index in [1.807, 2.05) is 0 Å². The maximum absolute atomic E-state index is 12.0. The zero-order chi connectivity index (χ0) is 17.7. The van der Waals surface area contributed by atoms with E-state index < -0.39 is 36.2 Å². The number of carbonyl (C=O) groups is 4. The molecular weight excluding hydrogens is 316 g/mol. The zero-order valence-electron chi connectivity index (χ0n) is 13.4. The first kappa shape index (κ1) is 17.6. The van der Waals surface area contributed by atoms with Crippen LogP contribution in [-0.4, -0.2) is 56.5 Å². The van der Waals surface area contributed by atoms with Gasteiger partial charge in [-0.1, -0.05) is 12.1 Å². The van der Waals surface area contributed by atoms with Gasteiger partial charge in [-0.15, -0.1) is 0 Å². The summed E-state index contributed by atoms with van der Waals surface area (Å²) in [4.78, 5) is 48.6. The van der Waals surface area contributed by atoms with Crippen molar-refractivity contribution in [3.8, 4) is 0 Å². The van der Waals surface area contributed by atoms with Gasteiger partial charge < -0.3 is 14.8 Å². The number of methoxy groups -OCH3 is 1. The van der Waals surface area contributed by atoms with Gasteiger partial charge in [0.15, 0.2) is 6.10 Å². The summed E-state index contributed by atoms with van der Waals surface area (Å²) in [7, 11) is 1.50. The molecule has 0 fully saturated rings. The van der Waals surface area contributed by atoms with Gasteiger partial charge in [-0.2, -0.15) is 0 Å². The van der Waals surface area contributed by atoms with Crippen molar-refractivity contribution in [3.63, 3.8) is 0 Å². The number of nitrogens with one attached hydrogen (secondary N) is 1. The van der Waals surface area contributed by atoms with E-state index in [2.05, 4.69) is 5.32 Å². The van der Waals surface area contributed by atoms with Crippen LogP contribution >= 0.6 is 0 Å². The Morgan fingerprint density at radius 3 is 2.67 bits per heavy atom. The fraction of sp³-hybridized carbons (Fsp3) is 0.375. The van der Waals surface area contributed by atoms with Crippen molar-refractivity contribution in [1.82, 2.24) is 5.32 Å². The number of para-hydroxylation sites is 1. The number of hydrogen-bond acceptors (Lipinski definition) is 6. The van der Waals surface area contributed by atoms with Gasteiger partial charge in [-0.25, -0.2) is 0 Å². The Balaban J connectivity index is 1.94. The van der Waals surface area contributed by atoms with Crippen LogP contribution in [-0.2, 0) is 23.9 Å². The van der Waals surface area contributed by atoms with Crippen molar-refractivity contribution in [2.45, 2.75) is 13.0 Å². The molecule has 0 saturated heterocycles. The predicted octanol–water partition coefficient (Wildman–Crippen LogP) is -0.0898. The number of carbonyl (C=O) groups excluding carboxylic acids is 4. The highest BCUT2D eigenvalue weighted by molar-refractivity contribution is 6.52. The molecule has 128 valence electrons. The van der Waals surface area contributed by atoms with Crippen LogP contribution in [0.1, 0.15) is 17.3 Å². The SMILES string of the molecule is COCCNC(=O)[C@H](C)OC(=O)CN1C(=O)C(=O)c2ccccc21. The second kappa shape index (κ2) is 7.69. The topological polar surface area (TPSA) is 102 Å². The fourth-order valence-corrected chi connectivity index (χ4v) is 2.24. The van der Waals surface area contributed by atoms with Crippen LogP contribution in [0.4, 0.5) is 5.69 Å². The zero-order valence-corrected chi connectivity index (χ0v) is 13.4. The van der Waals surface area contributed by atoms with Crippen LogP contribution in [0.5, 0.6) is 0 Å². The second-order valence-corrected chi connectivity index (χ2v) is 5.15. The Bertz CT molecular complexity index is 672. The van der Waals surface area contributed by atoms with Crippen LogP contribution in [0.2, 0.25) is 0 Å². The minimum Gasteiger partial charge on any atom is -0.451 e. The number of rotatable bonds is 7. The highest BCUT2D eigenvalue weighted by Gasteiger charge is 2.37. The molecule has 1 aliphatic rings. The first-order chi connectivity index (χ1) is 11.5. The highest BCUT2D eigenvalue weighted by Crippen LogP contribution is 2.28. The minimum atomic E-state index is -1.02. The number of hydrogen-bond donors (Lipinski definition) is 1. The number of amides is 2. The summed E-state index contributed by atoms with van der Waals surface area (Å²) in [5.41, 5.74) is 0.613. The van der Waals surface area contributed by atoms with Crippen molar-refractivity contribution in [1.29, 1.82) is 0 Å². The summed E-state index contributed by atoms with van der Waals surface area (Å²) in [6.07, 6.45) is -1.02. The standard InChI is InChI=1S/C16H18N2O6/c1-10(15(21)17-7-8-23-2)24-13(19)9-18-12-6-4-3-5-11(12)14(20)16(18)22/h3-6,10H,7-9H2,1-2H3,(H,17,21)/t10-/m0/s1. The van der Waals surface area contributed by atoms with E-state index in [0.29, 0.717) is 18.8 Å². The Hall–Kier alpha value is -2.74. The fourth-order valence-electron chi connectivity index (χ4n) is 2.24. The third-order valence-electron chi connectivity index (χ3n) is 3.45. The summed E-state index contributed by atoms with van der Waals surface area (Å²) < 4.78 is 9.80. The Morgan fingerprint density at radius 1 is 1.25 bits per heavy atom. The van der Waals surface area contributed by atoms with Crippen molar-refractivity contribution in [2.75, 3.05) is 31.7 Å². The van der Waals surface area contributed by atoms with E-state index in [9.17, 15) is 19.2 Å². The lowest BCUT2D eigenvalue weighted by Gasteiger charge is -2.18. The lowest BCUT2D eigenvalue weighted by Crippen LogP contribution is -2.41. The number of Topliss-reactive ketones (excluding diaryl/α,β-unsaturated/α-hetero) is 1. The van der Waals surface area contributed by atoms with Gasteiger partial charge in [-0.3, -0.25) is 24.1 Å². The normalized spacial score (nSPS) is 14.3. The van der Waals surface area contributed by atoms with Gasteiger partial charge in [0, 0.05) is 13.7 Å². The first-order valence-corrected chi connectivity index (χ1v) is 7.37. The molecule has 2 rings (SSSR count). The van der Waals surface area contributed by atoms with Crippen molar-refractivity contribution in [3.05, 3.63) is 29.8 Å². The number of fused-ring (bicyclic) bond motifs is 1. The number of nitrogens with zero attached hydrogens (tertiary/aromatic N) is 1. The molecule has 1 aromatic rings. The Labute approximate surface area is 138 Å². The molecule has 8 nitrogen and oxygen atoms in total. The number of ketones is 1. The van der Waals surface area contributed by atoms with E-state index in [4.69, 9.17) is 9.47 Å². The molecule has 1 N–H and O–H groups in total. The lowest BCUT2D eigenvalue weighted by atomic mass is 10.1. The monoisotopic (exact) mass is 334 g/mol. The van der Waals surface area contributed by atoms with Gasteiger partial charge in [-0.05, 0) is 19.1 Å². The summed E-state index contributed by atoms with van der Waals surface area (Å²) >= 11 is 0. The predicted molar refractivity (Wildman–Crippen MR) is 83.6 cm³/mol. The van der Waals surface area contributed by atoms with Crippen molar-refractivity contribution in [2.24, 2.45) is 0 Å². The molecule has 1 heterocycles. The van der Waals surface area contributed by atoms with Crippen molar-refractivity contribution >= 4 is 29.3 Å². The molecule has 1 aliphatic heterocycles. The van der Waals surface area contributed by atoms with Crippen molar-refractivity contribution < 1.29 is 28.7 Å². The minimum absolute atomic E-state index is 0.251. The maximum Gasteiger partial charge on any atom is 0.326 e. The Kier molecular flexibility index (Phi) is 5.64. The summed E-state index contributed by atoms with van der Waals surface area (Å²) in [5, 5.41) is 2.54. The molecule has 1 atom stereocenters. The van der Waals surface area contributed by atoms with Gasteiger partial charge >= 0.3 is 5.97 Å². The van der Waals surface area contributed by atoms with Crippen LogP contribution in [0, 0.1) is 0 Å². The molecule has 0 bridgehead atoms. The van der Waals surface area contributed by atoms with E-state index in [1.165, 1.54) is 20.1 Å². The molecule has 8 heteroatoms. The summed E-state index contributed by atoms with van der Waals surface area (Å²) in [6, 6.07) is 6.40. The van der Waals surface area contributed by atoms with Crippen LogP contribution < -0.4 is 10.2 Å². The number of esters is 1. The summed E-state index contributed by atoms with van der Waals surface area (Å²) in [6.45, 7) is 1.62. The van der Waals surface area contributed by atoms with Gasteiger partial charge in [0.25, 0.3) is 17.6 Å². The van der Waals surface area contributed by atoms with Crippen LogP contribution in [0.15, 0.2) is 24.3 Å². The third-order valence-corrected chi connectivity index (χ3v) is 3.45. The maximum atomic E-state index is 12.0. The highest BCUT2D eigenvalue weighted by atomic mass is 16.5. The molecule has 0 aliphatic carbocycles. The lowest BCUT2D eigenvalue weighted by molar-refractivity contribution is -0.153. The number of anilines is 1. The second-order valence-electron chi connectivity index (χ2n) is 5.15. The smallest absolute Gasteiger partial charge is 0.326 e. The van der Waals surface area contributed by atoms with E-state index >= 15 is 0 Å². The van der Waals surface area contributed by atoms with E-state index in [1.54, 1.807) is 18.2 Å². The molecule has 0 radical (unpaired) electrons. The molecule has 0 spiro atoms.